The Morgan fingerprint density at radius 2 is 1.79 bits per heavy atom. The lowest BCUT2D eigenvalue weighted by atomic mass is 9.97. The standard InChI is InChI=1S/C23H17F2NO2S/c1-2-28-22(27)23(24,25)14-21(29-15-26)18-12-10-17(11-13-18)20-9-5-7-16-6-3-4-8-19(16)20/h3-14H,2H2,1H3/b21-14+. The molecule has 3 aromatic rings. The molecule has 0 atom stereocenters. The van der Waals surface area contributed by atoms with E-state index in [1.54, 1.807) is 17.5 Å². The minimum atomic E-state index is -3.82. The summed E-state index contributed by atoms with van der Waals surface area (Å²) in [5, 5.41) is 13.0. The normalized spacial score (nSPS) is 11.9. The predicted molar refractivity (Wildman–Crippen MR) is 112 cm³/mol. The molecule has 0 N–H and O–H groups in total. The molecule has 3 nitrogen and oxygen atoms in total. The van der Waals surface area contributed by atoms with Crippen LogP contribution in [0.4, 0.5) is 8.78 Å². The van der Waals surface area contributed by atoms with E-state index in [1.807, 2.05) is 54.6 Å². The number of halogens is 2. The van der Waals surface area contributed by atoms with Crippen LogP contribution in [0.3, 0.4) is 0 Å². The Bertz CT molecular complexity index is 1100. The molecule has 0 unspecified atom stereocenters. The summed E-state index contributed by atoms with van der Waals surface area (Å²) in [6.07, 6.45) is 0.478. The molecule has 0 amide bonds. The molecule has 0 spiro atoms. The van der Waals surface area contributed by atoms with Crippen LogP contribution in [0.1, 0.15) is 12.5 Å². The van der Waals surface area contributed by atoms with Crippen LogP contribution in [0.2, 0.25) is 0 Å². The number of alkyl halides is 2. The SMILES string of the molecule is CCOC(=O)C(F)(F)/C=C(/SC#N)c1ccc(-c2cccc3ccccc23)cc1. The Morgan fingerprint density at radius 3 is 2.48 bits per heavy atom. The molecular weight excluding hydrogens is 392 g/mol. The molecule has 0 saturated carbocycles. The van der Waals surface area contributed by atoms with Gasteiger partial charge in [-0.3, -0.25) is 0 Å². The number of ether oxygens (including phenoxy) is 1. The van der Waals surface area contributed by atoms with Crippen molar-refractivity contribution in [2.24, 2.45) is 0 Å². The van der Waals surface area contributed by atoms with Crippen molar-refractivity contribution in [2.75, 3.05) is 6.61 Å². The van der Waals surface area contributed by atoms with Crippen molar-refractivity contribution in [3.8, 4) is 16.5 Å². The summed E-state index contributed by atoms with van der Waals surface area (Å²) in [6, 6.07) is 20.9. The number of esters is 1. The number of thioether (sulfide) groups is 1. The number of hydrogen-bond donors (Lipinski definition) is 0. The highest BCUT2D eigenvalue weighted by atomic mass is 32.2. The highest BCUT2D eigenvalue weighted by molar-refractivity contribution is 8.12. The number of hydrogen-bond acceptors (Lipinski definition) is 4. The predicted octanol–water partition coefficient (Wildman–Crippen LogP) is 6.26. The molecule has 0 saturated heterocycles. The first kappa shape index (κ1) is 20.6. The van der Waals surface area contributed by atoms with Gasteiger partial charge in [0, 0.05) is 11.0 Å². The van der Waals surface area contributed by atoms with Gasteiger partial charge in [0.1, 0.15) is 5.40 Å². The fraction of sp³-hybridized carbons (Fsp3) is 0.130. The number of rotatable bonds is 6. The summed E-state index contributed by atoms with van der Waals surface area (Å²) in [4.78, 5) is 11.5. The van der Waals surface area contributed by atoms with Crippen LogP contribution in [0, 0.1) is 10.7 Å². The Hall–Kier alpha value is -3.17. The van der Waals surface area contributed by atoms with Gasteiger partial charge in [0.25, 0.3) is 0 Å². The molecule has 0 radical (unpaired) electrons. The van der Waals surface area contributed by atoms with Crippen molar-refractivity contribution >= 4 is 33.4 Å². The summed E-state index contributed by atoms with van der Waals surface area (Å²) >= 11 is 0.575. The maximum absolute atomic E-state index is 14.1. The lowest BCUT2D eigenvalue weighted by Crippen LogP contribution is -2.28. The van der Waals surface area contributed by atoms with E-state index in [0.29, 0.717) is 23.4 Å². The second-order valence-electron chi connectivity index (χ2n) is 6.15. The zero-order valence-corrected chi connectivity index (χ0v) is 16.4. The van der Waals surface area contributed by atoms with Crippen molar-refractivity contribution in [2.45, 2.75) is 12.8 Å². The number of nitriles is 1. The quantitative estimate of drug-likeness (QED) is 0.356. The third-order valence-corrected chi connectivity index (χ3v) is 4.95. The fourth-order valence-corrected chi connectivity index (χ4v) is 3.52. The minimum absolute atomic E-state index is 0.00461. The van der Waals surface area contributed by atoms with E-state index in [1.165, 1.54) is 6.92 Å². The molecule has 3 aromatic carbocycles. The monoisotopic (exact) mass is 409 g/mol. The number of benzene rings is 3. The number of carbonyl (C=O) groups is 1. The van der Waals surface area contributed by atoms with E-state index < -0.39 is 11.9 Å². The molecule has 6 heteroatoms. The van der Waals surface area contributed by atoms with E-state index in [2.05, 4.69) is 4.74 Å². The largest absolute Gasteiger partial charge is 0.461 e. The average molecular weight is 409 g/mol. The summed E-state index contributed by atoms with van der Waals surface area (Å²) in [7, 11) is 0. The molecule has 146 valence electrons. The van der Waals surface area contributed by atoms with E-state index in [-0.39, 0.29) is 11.5 Å². The smallest absolute Gasteiger partial charge is 0.381 e. The highest BCUT2D eigenvalue weighted by Gasteiger charge is 2.38. The molecule has 0 heterocycles. The first-order chi connectivity index (χ1) is 14.0. The Labute approximate surface area is 171 Å². The van der Waals surface area contributed by atoms with Gasteiger partial charge in [-0.05, 0) is 46.1 Å². The first-order valence-corrected chi connectivity index (χ1v) is 9.70. The molecule has 0 aromatic heterocycles. The molecule has 0 fully saturated rings. The van der Waals surface area contributed by atoms with E-state index in [9.17, 15) is 13.6 Å². The van der Waals surface area contributed by atoms with Crippen molar-refractivity contribution in [1.82, 2.24) is 0 Å². The number of nitrogens with zero attached hydrogens (tertiary/aromatic N) is 1. The van der Waals surface area contributed by atoms with Crippen LogP contribution >= 0.6 is 11.8 Å². The number of carbonyl (C=O) groups excluding carboxylic acids is 1. The Kier molecular flexibility index (Phi) is 6.30. The maximum Gasteiger partial charge on any atom is 0.381 e. The van der Waals surface area contributed by atoms with Crippen molar-refractivity contribution in [3.63, 3.8) is 0 Å². The average Bonchev–Trinajstić information content (AvgIpc) is 2.73. The topological polar surface area (TPSA) is 50.1 Å². The summed E-state index contributed by atoms with van der Waals surface area (Å²) in [5.41, 5.74) is 2.36. The fourth-order valence-electron chi connectivity index (χ4n) is 2.96. The van der Waals surface area contributed by atoms with Crippen LogP contribution < -0.4 is 0 Å². The molecule has 0 aliphatic carbocycles. The molecule has 0 bridgehead atoms. The third kappa shape index (κ3) is 4.64. The van der Waals surface area contributed by atoms with Gasteiger partial charge in [-0.2, -0.15) is 14.0 Å². The molecule has 3 rings (SSSR count). The van der Waals surface area contributed by atoms with Gasteiger partial charge in [-0.15, -0.1) is 0 Å². The number of fused-ring (bicyclic) bond motifs is 1. The second-order valence-corrected chi connectivity index (χ2v) is 6.98. The molecular formula is C23H17F2NO2S. The van der Waals surface area contributed by atoms with Gasteiger partial charge in [0.05, 0.1) is 6.61 Å². The zero-order chi connectivity index (χ0) is 20.9. The lowest BCUT2D eigenvalue weighted by Gasteiger charge is -2.13. The van der Waals surface area contributed by atoms with Crippen LogP contribution in [-0.2, 0) is 9.53 Å². The minimum Gasteiger partial charge on any atom is -0.461 e. The number of thiocyanates is 1. The van der Waals surface area contributed by atoms with Crippen LogP contribution in [-0.4, -0.2) is 18.5 Å². The van der Waals surface area contributed by atoms with Crippen LogP contribution in [0.25, 0.3) is 26.8 Å². The van der Waals surface area contributed by atoms with Crippen LogP contribution in [0.5, 0.6) is 0 Å². The molecule has 0 aliphatic rings. The van der Waals surface area contributed by atoms with E-state index >= 15 is 0 Å². The molecule has 0 aliphatic heterocycles. The molecule has 29 heavy (non-hydrogen) atoms. The summed E-state index contributed by atoms with van der Waals surface area (Å²) in [6.45, 7) is 1.30. The van der Waals surface area contributed by atoms with Gasteiger partial charge in [0.2, 0.25) is 0 Å². The third-order valence-electron chi connectivity index (χ3n) is 4.29. The van der Waals surface area contributed by atoms with E-state index in [0.717, 1.165) is 21.9 Å². The van der Waals surface area contributed by atoms with Crippen molar-refractivity contribution in [3.05, 3.63) is 78.4 Å². The van der Waals surface area contributed by atoms with Gasteiger partial charge in [-0.1, -0.05) is 66.7 Å². The van der Waals surface area contributed by atoms with Crippen molar-refractivity contribution < 1.29 is 18.3 Å². The first-order valence-electron chi connectivity index (χ1n) is 8.88. The van der Waals surface area contributed by atoms with E-state index in [4.69, 9.17) is 5.26 Å². The highest BCUT2D eigenvalue weighted by Crippen LogP contribution is 2.34. The van der Waals surface area contributed by atoms with Crippen molar-refractivity contribution in [1.29, 1.82) is 5.26 Å². The van der Waals surface area contributed by atoms with Gasteiger partial charge < -0.3 is 4.74 Å². The second kappa shape index (κ2) is 8.89. The Morgan fingerprint density at radius 1 is 1.10 bits per heavy atom. The maximum atomic E-state index is 14.1. The van der Waals surface area contributed by atoms with Gasteiger partial charge >= 0.3 is 11.9 Å². The van der Waals surface area contributed by atoms with Crippen LogP contribution in [0.15, 0.2) is 72.8 Å². The summed E-state index contributed by atoms with van der Waals surface area (Å²) < 4.78 is 32.6. The van der Waals surface area contributed by atoms with Gasteiger partial charge in [0.15, 0.2) is 0 Å². The Balaban J connectivity index is 1.98. The van der Waals surface area contributed by atoms with Gasteiger partial charge in [-0.25, -0.2) is 4.79 Å². The summed E-state index contributed by atoms with van der Waals surface area (Å²) in [5.74, 6) is -5.45. The zero-order valence-electron chi connectivity index (χ0n) is 15.6. The lowest BCUT2D eigenvalue weighted by molar-refractivity contribution is -0.164.